The van der Waals surface area contributed by atoms with E-state index >= 15 is 0 Å². The third kappa shape index (κ3) is 2.36. The van der Waals surface area contributed by atoms with Crippen LogP contribution in [0, 0.1) is 17.8 Å². The van der Waals surface area contributed by atoms with Crippen LogP contribution in [-0.2, 0) is 21.9 Å². The Labute approximate surface area is 137 Å². The predicted octanol–water partition coefficient (Wildman–Crippen LogP) is 2.41. The van der Waals surface area contributed by atoms with Gasteiger partial charge in [-0.05, 0) is 35.8 Å². The van der Waals surface area contributed by atoms with Gasteiger partial charge in [-0.15, -0.1) is 0 Å². The molecule has 2 heterocycles. The topological polar surface area (TPSA) is 55.3 Å². The van der Waals surface area contributed by atoms with Crippen LogP contribution in [0.5, 0.6) is 0 Å². The molecule has 1 saturated carbocycles. The van der Waals surface area contributed by atoms with E-state index in [4.69, 9.17) is 16.3 Å². The zero-order valence-corrected chi connectivity index (χ0v) is 13.3. The number of rotatable bonds is 3. The first-order valence-corrected chi connectivity index (χ1v) is 8.05. The lowest BCUT2D eigenvalue weighted by Crippen LogP contribution is -2.27. The van der Waals surface area contributed by atoms with E-state index in [1.165, 1.54) is 7.11 Å². The maximum absolute atomic E-state index is 13.9. The van der Waals surface area contributed by atoms with E-state index in [2.05, 4.69) is 9.97 Å². The molecule has 0 amide bonds. The Bertz CT molecular complexity index is 673. The number of aromatic nitrogens is 2. The first kappa shape index (κ1) is 15.1. The van der Waals surface area contributed by atoms with Crippen molar-refractivity contribution in [3.63, 3.8) is 0 Å². The number of hydrogen-bond acceptors (Lipinski definition) is 5. The highest BCUT2D eigenvalue weighted by atomic mass is 35.5. The molecule has 0 bridgehead atoms. The maximum atomic E-state index is 13.9. The minimum absolute atomic E-state index is 0.132. The van der Waals surface area contributed by atoms with Crippen molar-refractivity contribution in [2.24, 2.45) is 17.8 Å². The normalized spacial score (nSPS) is 30.1. The van der Waals surface area contributed by atoms with E-state index in [9.17, 15) is 13.6 Å². The summed E-state index contributed by atoms with van der Waals surface area (Å²) in [6.07, 6.45) is 0.461. The molecule has 23 heavy (non-hydrogen) atoms. The van der Waals surface area contributed by atoms with Crippen molar-refractivity contribution in [1.29, 1.82) is 0 Å². The lowest BCUT2D eigenvalue weighted by molar-refractivity contribution is -0.141. The Morgan fingerprint density at radius 3 is 2.74 bits per heavy atom. The molecule has 3 atom stereocenters. The fourth-order valence-corrected chi connectivity index (χ4v) is 4.21. The summed E-state index contributed by atoms with van der Waals surface area (Å²) in [4.78, 5) is 21.3. The Hall–Kier alpha value is -1.50. The van der Waals surface area contributed by atoms with E-state index in [0.717, 1.165) is 13.1 Å². The monoisotopic (exact) mass is 343 g/mol. The number of fused-ring (bicyclic) bond motifs is 2. The van der Waals surface area contributed by atoms with Crippen molar-refractivity contribution < 1.29 is 18.3 Å². The zero-order valence-electron chi connectivity index (χ0n) is 12.6. The van der Waals surface area contributed by atoms with Crippen molar-refractivity contribution in [1.82, 2.24) is 9.97 Å². The molecule has 5 nitrogen and oxygen atoms in total. The van der Waals surface area contributed by atoms with Crippen molar-refractivity contribution >= 4 is 23.4 Å². The highest BCUT2D eigenvalue weighted by Crippen LogP contribution is 2.55. The molecule has 1 aromatic heterocycles. The highest BCUT2D eigenvalue weighted by Gasteiger charge is 2.57. The molecule has 4 rings (SSSR count). The second kappa shape index (κ2) is 5.00. The molecule has 0 unspecified atom stereocenters. The SMILES string of the molecule is COC(=O)C[C@@H]1[C@H]2CN(c3nc(Cl)nc4c3CCC4(F)F)C[C@@H]12. The Balaban J connectivity index is 1.53. The maximum Gasteiger partial charge on any atom is 0.305 e. The van der Waals surface area contributed by atoms with Gasteiger partial charge in [0.1, 0.15) is 11.5 Å². The van der Waals surface area contributed by atoms with Gasteiger partial charge in [-0.25, -0.2) is 9.97 Å². The summed E-state index contributed by atoms with van der Waals surface area (Å²) in [5, 5.41) is -0.132. The fraction of sp³-hybridized carbons (Fsp3) is 0.667. The quantitative estimate of drug-likeness (QED) is 0.623. The minimum atomic E-state index is -2.92. The Morgan fingerprint density at radius 2 is 2.09 bits per heavy atom. The van der Waals surface area contributed by atoms with Gasteiger partial charge in [0.2, 0.25) is 5.28 Å². The van der Waals surface area contributed by atoms with Gasteiger partial charge in [-0.1, -0.05) is 0 Å². The molecule has 1 saturated heterocycles. The number of methoxy groups -OCH3 is 1. The zero-order chi connectivity index (χ0) is 16.4. The van der Waals surface area contributed by atoms with E-state index in [-0.39, 0.29) is 29.8 Å². The molecular formula is C15H16ClF2N3O2. The Kier molecular flexibility index (Phi) is 3.27. The number of carbonyl (C=O) groups is 1. The molecule has 124 valence electrons. The molecule has 0 N–H and O–H groups in total. The highest BCUT2D eigenvalue weighted by molar-refractivity contribution is 6.28. The molecule has 8 heteroatoms. The lowest BCUT2D eigenvalue weighted by Gasteiger charge is -2.23. The van der Waals surface area contributed by atoms with Gasteiger partial charge in [0.15, 0.2) is 0 Å². The third-order valence-corrected chi connectivity index (χ3v) is 5.46. The summed E-state index contributed by atoms with van der Waals surface area (Å²) >= 11 is 5.85. The molecule has 2 fully saturated rings. The van der Waals surface area contributed by atoms with Crippen LogP contribution in [0.2, 0.25) is 5.28 Å². The predicted molar refractivity (Wildman–Crippen MR) is 78.6 cm³/mol. The van der Waals surface area contributed by atoms with Crippen LogP contribution < -0.4 is 4.90 Å². The number of carbonyl (C=O) groups excluding carboxylic acids is 1. The van der Waals surface area contributed by atoms with Crippen LogP contribution in [0.1, 0.15) is 24.1 Å². The van der Waals surface area contributed by atoms with Gasteiger partial charge < -0.3 is 9.64 Å². The second-order valence-electron chi connectivity index (χ2n) is 6.52. The van der Waals surface area contributed by atoms with Crippen molar-refractivity contribution in [2.75, 3.05) is 25.1 Å². The van der Waals surface area contributed by atoms with Crippen molar-refractivity contribution in [3.8, 4) is 0 Å². The number of anilines is 1. The van der Waals surface area contributed by atoms with Gasteiger partial charge >= 0.3 is 5.97 Å². The number of hydrogen-bond donors (Lipinski definition) is 0. The van der Waals surface area contributed by atoms with Crippen LogP contribution in [-0.4, -0.2) is 36.1 Å². The molecule has 0 spiro atoms. The molecule has 1 aliphatic heterocycles. The molecular weight excluding hydrogens is 328 g/mol. The number of esters is 1. The van der Waals surface area contributed by atoms with Crippen molar-refractivity contribution in [3.05, 3.63) is 16.5 Å². The van der Waals surface area contributed by atoms with E-state index in [1.54, 1.807) is 0 Å². The molecule has 1 aromatic rings. The van der Waals surface area contributed by atoms with Gasteiger partial charge in [0.05, 0.1) is 7.11 Å². The molecule has 3 aliphatic rings. The van der Waals surface area contributed by atoms with Crippen LogP contribution >= 0.6 is 11.6 Å². The second-order valence-corrected chi connectivity index (χ2v) is 6.86. The standard InChI is InChI=1S/C15H16ClF2N3O2/c1-23-11(22)4-8-9-5-21(6-10(8)9)13-7-2-3-15(17,18)12(7)19-14(16)20-13/h8-10H,2-6H2,1H3/t8-,9-,10+. The molecule has 2 aliphatic carbocycles. The van der Waals surface area contributed by atoms with Gasteiger partial charge in [0.25, 0.3) is 5.92 Å². The van der Waals surface area contributed by atoms with E-state index < -0.39 is 5.92 Å². The Morgan fingerprint density at radius 1 is 1.39 bits per heavy atom. The lowest BCUT2D eigenvalue weighted by atomic mass is 10.1. The number of alkyl halides is 2. The smallest absolute Gasteiger partial charge is 0.305 e. The number of ether oxygens (including phenoxy) is 1. The van der Waals surface area contributed by atoms with Crippen LogP contribution in [0.3, 0.4) is 0 Å². The van der Waals surface area contributed by atoms with Crippen LogP contribution in [0.4, 0.5) is 14.6 Å². The van der Waals surface area contributed by atoms with Crippen LogP contribution in [0.25, 0.3) is 0 Å². The number of piperidine rings is 1. The summed E-state index contributed by atoms with van der Waals surface area (Å²) in [6.45, 7) is 1.44. The average Bonchev–Trinajstić information content (AvgIpc) is 2.86. The first-order chi connectivity index (χ1) is 10.9. The minimum Gasteiger partial charge on any atom is -0.469 e. The summed E-state index contributed by atoms with van der Waals surface area (Å²) in [6, 6.07) is 0. The molecule has 0 radical (unpaired) electrons. The summed E-state index contributed by atoms with van der Waals surface area (Å²) < 4.78 is 32.5. The average molecular weight is 344 g/mol. The van der Waals surface area contributed by atoms with Gasteiger partial charge in [0, 0.05) is 31.5 Å². The van der Waals surface area contributed by atoms with E-state index in [0.29, 0.717) is 35.6 Å². The number of nitrogens with zero attached hydrogens (tertiary/aromatic N) is 3. The van der Waals surface area contributed by atoms with Gasteiger partial charge in [-0.3, -0.25) is 4.79 Å². The summed E-state index contributed by atoms with van der Waals surface area (Å²) in [5.41, 5.74) is 0.296. The van der Waals surface area contributed by atoms with Crippen LogP contribution in [0.15, 0.2) is 0 Å². The molecule has 0 aromatic carbocycles. The summed E-state index contributed by atoms with van der Waals surface area (Å²) in [5.74, 6) is -1.43. The first-order valence-electron chi connectivity index (χ1n) is 7.67. The van der Waals surface area contributed by atoms with E-state index in [1.807, 2.05) is 4.90 Å². The fourth-order valence-electron chi connectivity index (χ4n) is 4.04. The largest absolute Gasteiger partial charge is 0.469 e. The third-order valence-electron chi connectivity index (χ3n) is 5.29. The van der Waals surface area contributed by atoms with Crippen molar-refractivity contribution in [2.45, 2.75) is 25.2 Å². The van der Waals surface area contributed by atoms with Gasteiger partial charge in [-0.2, -0.15) is 8.78 Å². The number of halogens is 3. The summed E-state index contributed by atoms with van der Waals surface area (Å²) in [7, 11) is 1.39.